The third-order valence-electron chi connectivity index (χ3n) is 4.73. The third-order valence-corrected chi connectivity index (χ3v) is 5.48. The number of carbonyl (C=O) groups excluding carboxylic acids is 2. The van der Waals surface area contributed by atoms with E-state index in [0.717, 1.165) is 59.3 Å². The summed E-state index contributed by atoms with van der Waals surface area (Å²) in [7, 11) is 0. The summed E-state index contributed by atoms with van der Waals surface area (Å²) >= 11 is 1.27. The number of ether oxygens (including phenoxy) is 1. The zero-order chi connectivity index (χ0) is 19.5. The lowest BCUT2D eigenvalue weighted by molar-refractivity contribution is -0.119. The second-order valence-corrected chi connectivity index (χ2v) is 7.92. The monoisotopic (exact) mass is 396 g/mol. The first kappa shape index (κ1) is 18.5. The van der Waals surface area contributed by atoms with Crippen molar-refractivity contribution in [3.8, 4) is 0 Å². The van der Waals surface area contributed by atoms with Crippen LogP contribution in [0.3, 0.4) is 0 Å². The molecule has 0 fully saturated rings. The number of aryl methyl sites for hydroxylation is 2. The van der Waals surface area contributed by atoms with Crippen LogP contribution in [0.25, 0.3) is 10.9 Å². The summed E-state index contributed by atoms with van der Waals surface area (Å²) in [4.78, 5) is 29.8. The van der Waals surface area contributed by atoms with Crippen LogP contribution in [0.2, 0.25) is 0 Å². The van der Waals surface area contributed by atoms with Crippen LogP contribution in [0.4, 0.5) is 5.13 Å². The van der Waals surface area contributed by atoms with Gasteiger partial charge in [-0.05, 0) is 44.2 Å². The smallest absolute Gasteiger partial charge is 0.339 e. The van der Waals surface area contributed by atoms with E-state index in [9.17, 15) is 9.59 Å². The highest BCUT2D eigenvalue weighted by molar-refractivity contribution is 7.15. The number of aromatic nitrogens is 3. The molecule has 3 aromatic rings. The van der Waals surface area contributed by atoms with Crippen molar-refractivity contribution in [1.82, 2.24) is 15.2 Å². The number of amides is 1. The number of hydrogen-bond acceptors (Lipinski definition) is 7. The number of rotatable bonds is 4. The topological polar surface area (TPSA) is 94.1 Å². The summed E-state index contributed by atoms with van der Waals surface area (Å²) in [6.45, 7) is 1.43. The lowest BCUT2D eigenvalue weighted by atomic mass is 9.97. The molecule has 0 unspecified atom stereocenters. The van der Waals surface area contributed by atoms with Gasteiger partial charge in [-0.3, -0.25) is 15.1 Å². The standard InChI is InChI=1S/C20H20N4O3S/c1-12-23-24-20(28-12)22-17(25)11-27-19(26)18-13-7-3-2-4-9-15(13)21-16-10-6-5-8-14(16)18/h5-6,8,10H,2-4,7,9,11H2,1H3,(H,22,24,25). The zero-order valence-electron chi connectivity index (χ0n) is 15.5. The molecule has 0 saturated carbocycles. The van der Waals surface area contributed by atoms with Gasteiger partial charge < -0.3 is 4.74 Å². The Kier molecular flexibility index (Phi) is 5.29. The van der Waals surface area contributed by atoms with E-state index in [0.29, 0.717) is 10.7 Å². The molecule has 2 aromatic heterocycles. The second-order valence-electron chi connectivity index (χ2n) is 6.74. The van der Waals surface area contributed by atoms with Crippen LogP contribution in [-0.4, -0.2) is 33.7 Å². The molecule has 0 radical (unpaired) electrons. The first-order valence-electron chi connectivity index (χ1n) is 9.29. The number of esters is 1. The van der Waals surface area contributed by atoms with E-state index in [1.165, 1.54) is 11.3 Å². The van der Waals surface area contributed by atoms with Crippen molar-refractivity contribution in [2.45, 2.75) is 39.0 Å². The molecule has 1 N–H and O–H groups in total. The van der Waals surface area contributed by atoms with Crippen LogP contribution in [0.5, 0.6) is 0 Å². The minimum atomic E-state index is -0.486. The van der Waals surface area contributed by atoms with Crippen LogP contribution in [0.1, 0.15) is 45.9 Å². The molecule has 0 atom stereocenters. The van der Waals surface area contributed by atoms with E-state index in [1.807, 2.05) is 24.3 Å². The molecule has 0 saturated heterocycles. The van der Waals surface area contributed by atoms with Gasteiger partial charge in [0.25, 0.3) is 5.91 Å². The number of nitrogens with zero attached hydrogens (tertiary/aromatic N) is 3. The molecule has 7 nitrogen and oxygen atoms in total. The molecule has 4 rings (SSSR count). The van der Waals surface area contributed by atoms with E-state index < -0.39 is 11.9 Å². The van der Waals surface area contributed by atoms with Crippen molar-refractivity contribution in [1.29, 1.82) is 0 Å². The molecule has 8 heteroatoms. The summed E-state index contributed by atoms with van der Waals surface area (Å²) in [6.07, 6.45) is 4.86. The van der Waals surface area contributed by atoms with E-state index in [4.69, 9.17) is 9.72 Å². The Balaban J connectivity index is 1.58. The fourth-order valence-corrected chi connectivity index (χ4v) is 4.10. The predicted octanol–water partition coefficient (Wildman–Crippen LogP) is 3.46. The van der Waals surface area contributed by atoms with E-state index in [-0.39, 0.29) is 6.61 Å². The lowest BCUT2D eigenvalue weighted by Gasteiger charge is -2.14. The predicted molar refractivity (Wildman–Crippen MR) is 107 cm³/mol. The normalized spacial score (nSPS) is 13.6. The van der Waals surface area contributed by atoms with Crippen molar-refractivity contribution in [3.05, 3.63) is 46.1 Å². The molecule has 144 valence electrons. The van der Waals surface area contributed by atoms with Crippen LogP contribution in [0, 0.1) is 6.92 Å². The number of fused-ring (bicyclic) bond motifs is 2. The molecule has 0 aliphatic heterocycles. The van der Waals surface area contributed by atoms with Gasteiger partial charge in [0.2, 0.25) is 5.13 Å². The van der Waals surface area contributed by atoms with E-state index in [2.05, 4.69) is 15.5 Å². The molecule has 28 heavy (non-hydrogen) atoms. The van der Waals surface area contributed by atoms with Crippen LogP contribution in [0.15, 0.2) is 24.3 Å². The fourth-order valence-electron chi connectivity index (χ4n) is 3.49. The Morgan fingerprint density at radius 2 is 1.96 bits per heavy atom. The van der Waals surface area contributed by atoms with E-state index in [1.54, 1.807) is 6.92 Å². The molecule has 0 bridgehead atoms. The maximum absolute atomic E-state index is 12.9. The number of carbonyl (C=O) groups is 2. The van der Waals surface area contributed by atoms with Gasteiger partial charge in [0.1, 0.15) is 5.01 Å². The Bertz CT molecular complexity index is 1050. The van der Waals surface area contributed by atoms with Gasteiger partial charge >= 0.3 is 5.97 Å². The van der Waals surface area contributed by atoms with Crippen molar-refractivity contribution >= 4 is 39.2 Å². The molecule has 1 aromatic carbocycles. The van der Waals surface area contributed by atoms with Crippen molar-refractivity contribution in [2.75, 3.05) is 11.9 Å². The number of anilines is 1. The Morgan fingerprint density at radius 1 is 1.14 bits per heavy atom. The number of para-hydroxylation sites is 1. The molecule has 1 amide bonds. The van der Waals surface area contributed by atoms with Gasteiger partial charge in [-0.25, -0.2) is 4.79 Å². The Hall–Kier alpha value is -2.87. The minimum absolute atomic E-state index is 0.372. The lowest BCUT2D eigenvalue weighted by Crippen LogP contribution is -2.22. The minimum Gasteiger partial charge on any atom is -0.452 e. The van der Waals surface area contributed by atoms with Gasteiger partial charge in [-0.15, -0.1) is 10.2 Å². The van der Waals surface area contributed by atoms with Gasteiger partial charge in [0.05, 0.1) is 11.1 Å². The van der Waals surface area contributed by atoms with Gasteiger partial charge in [0, 0.05) is 11.1 Å². The summed E-state index contributed by atoms with van der Waals surface area (Å²) in [6, 6.07) is 7.58. The second kappa shape index (κ2) is 8.02. The zero-order valence-corrected chi connectivity index (χ0v) is 16.3. The van der Waals surface area contributed by atoms with Crippen molar-refractivity contribution in [3.63, 3.8) is 0 Å². The van der Waals surface area contributed by atoms with Crippen molar-refractivity contribution in [2.24, 2.45) is 0 Å². The summed E-state index contributed by atoms with van der Waals surface area (Å²) in [5.41, 5.74) is 3.25. The average Bonchev–Trinajstić information content (AvgIpc) is 2.95. The van der Waals surface area contributed by atoms with Crippen molar-refractivity contribution < 1.29 is 14.3 Å². The summed E-state index contributed by atoms with van der Waals surface area (Å²) < 4.78 is 5.36. The molecular weight excluding hydrogens is 376 g/mol. The van der Waals surface area contributed by atoms with Gasteiger partial charge in [0.15, 0.2) is 6.61 Å². The largest absolute Gasteiger partial charge is 0.452 e. The Morgan fingerprint density at radius 3 is 2.79 bits per heavy atom. The number of nitrogens with one attached hydrogen (secondary N) is 1. The highest BCUT2D eigenvalue weighted by atomic mass is 32.1. The molecule has 2 heterocycles. The van der Waals surface area contributed by atoms with E-state index >= 15 is 0 Å². The van der Waals surface area contributed by atoms with Gasteiger partial charge in [-0.2, -0.15) is 0 Å². The number of pyridine rings is 1. The maximum Gasteiger partial charge on any atom is 0.339 e. The molecular formula is C20H20N4O3S. The highest BCUT2D eigenvalue weighted by Crippen LogP contribution is 2.29. The summed E-state index contributed by atoms with van der Waals surface area (Å²) in [5.74, 6) is -0.922. The fraction of sp³-hybridized carbons (Fsp3) is 0.350. The SMILES string of the molecule is Cc1nnc(NC(=O)COC(=O)c2c3c(nc4ccccc24)CCCCC3)s1. The molecule has 1 aliphatic carbocycles. The highest BCUT2D eigenvalue weighted by Gasteiger charge is 2.23. The van der Waals surface area contributed by atoms with Crippen LogP contribution in [-0.2, 0) is 22.4 Å². The summed E-state index contributed by atoms with van der Waals surface area (Å²) in [5, 5.41) is 12.2. The maximum atomic E-state index is 12.9. The average molecular weight is 396 g/mol. The Labute approximate surface area is 166 Å². The number of hydrogen-bond donors (Lipinski definition) is 1. The number of benzene rings is 1. The quantitative estimate of drug-likeness (QED) is 0.536. The van der Waals surface area contributed by atoms with Gasteiger partial charge in [-0.1, -0.05) is 36.0 Å². The van der Waals surface area contributed by atoms with Crippen LogP contribution >= 0.6 is 11.3 Å². The first-order valence-corrected chi connectivity index (χ1v) is 10.1. The molecule has 1 aliphatic rings. The first-order chi connectivity index (χ1) is 13.6. The van der Waals surface area contributed by atoms with Crippen LogP contribution < -0.4 is 5.32 Å². The third kappa shape index (κ3) is 3.87. The molecule has 0 spiro atoms.